The van der Waals surface area contributed by atoms with Crippen LogP contribution in [0.2, 0.25) is 0 Å². The first-order chi connectivity index (χ1) is 19.4. The van der Waals surface area contributed by atoms with Crippen LogP contribution in [0.1, 0.15) is 102 Å². The van der Waals surface area contributed by atoms with Gasteiger partial charge < -0.3 is 0 Å². The summed E-state index contributed by atoms with van der Waals surface area (Å²) >= 11 is 0. The van der Waals surface area contributed by atoms with E-state index in [0.29, 0.717) is 0 Å². The molecule has 2 aromatic heterocycles. The molecule has 0 saturated heterocycles. The highest BCUT2D eigenvalue weighted by molar-refractivity contribution is 5.67. The van der Waals surface area contributed by atoms with Gasteiger partial charge in [0.1, 0.15) is 0 Å². The fourth-order valence-corrected chi connectivity index (χ4v) is 7.33. The Balaban J connectivity index is 0.000000108. The average molecular weight is 539 g/mol. The normalized spacial score (nSPS) is 30.5. The van der Waals surface area contributed by atoms with E-state index in [4.69, 9.17) is 0 Å². The summed E-state index contributed by atoms with van der Waals surface area (Å²) in [4.78, 5) is 17.4. The molecule has 0 aromatic carbocycles. The summed E-state index contributed by atoms with van der Waals surface area (Å²) in [5, 5.41) is 0. The minimum Gasteiger partial charge on any atom is -0.294 e. The highest BCUT2D eigenvalue weighted by Crippen LogP contribution is 2.37. The van der Waals surface area contributed by atoms with Crippen LogP contribution in [0.3, 0.4) is 0 Å². The van der Waals surface area contributed by atoms with Gasteiger partial charge in [-0.1, -0.05) is 39.8 Å². The topological polar surface area (TPSA) is 50.5 Å². The van der Waals surface area contributed by atoms with Crippen LogP contribution in [0.5, 0.6) is 0 Å². The van der Waals surface area contributed by atoms with Crippen molar-refractivity contribution in [2.24, 2.45) is 39.6 Å². The zero-order chi connectivity index (χ0) is 27.9. The molecule has 4 heteroatoms. The van der Waals surface area contributed by atoms with Gasteiger partial charge >= 0.3 is 0 Å². The molecule has 1 fully saturated rings. The summed E-state index contributed by atoms with van der Waals surface area (Å²) in [7, 11) is 0. The summed E-state index contributed by atoms with van der Waals surface area (Å²) in [5.74, 6) is 4.44. The van der Waals surface area contributed by atoms with Crippen molar-refractivity contribution in [3.8, 4) is 0 Å². The summed E-state index contributed by atoms with van der Waals surface area (Å²) in [6, 6.07) is 9.18. The Morgan fingerprint density at radius 3 is 2.15 bits per heavy atom. The van der Waals surface area contributed by atoms with Crippen LogP contribution in [-0.2, 0) is 25.7 Å². The molecule has 0 bridgehead atoms. The molecule has 0 amide bonds. The van der Waals surface area contributed by atoms with E-state index in [1.807, 2.05) is 24.5 Å². The molecule has 0 spiro atoms. The third-order valence-electron chi connectivity index (χ3n) is 9.58. The Morgan fingerprint density at radius 1 is 0.675 bits per heavy atom. The first-order valence-corrected chi connectivity index (χ1v) is 16.0. The molecule has 4 heterocycles. The fraction of sp³-hybridized carbons (Fsp3) is 0.611. The van der Waals surface area contributed by atoms with E-state index in [0.717, 1.165) is 42.1 Å². The van der Waals surface area contributed by atoms with Crippen molar-refractivity contribution in [3.63, 3.8) is 0 Å². The van der Waals surface area contributed by atoms with Gasteiger partial charge in [0.05, 0.1) is 6.04 Å². The standard InChI is InChI=1S/C10H13N.C9H13N.C9H11N.C8H13N/c1-8-4-5-10-9(7-8)3-2-6-11-10;1-7-2-3-9-8(6-7)4-5-10-9;1-7-5-8-3-2-4-10-9(8)6-7;1-6-4-7-2-3-9-8(7)5-6/h2-3,6,8H,4-5,7H2,1H3;5,7H,2-4,6H2,1H3;2-4,7H,5-6H2,1H3;3,6-8H,2,4-5H2,1H3. The van der Waals surface area contributed by atoms with Crippen LogP contribution in [0, 0.1) is 29.6 Å². The van der Waals surface area contributed by atoms with Gasteiger partial charge in [-0.15, -0.1) is 0 Å². The lowest BCUT2D eigenvalue weighted by atomic mass is 9.88. The maximum Gasteiger partial charge on any atom is 0.0530 e. The second-order valence-electron chi connectivity index (χ2n) is 13.5. The molecule has 2 aromatic rings. The minimum absolute atomic E-state index is 0.722. The van der Waals surface area contributed by atoms with Gasteiger partial charge in [0.25, 0.3) is 0 Å². The van der Waals surface area contributed by atoms with Gasteiger partial charge in [-0.05, 0) is 135 Å². The largest absolute Gasteiger partial charge is 0.294 e. The summed E-state index contributed by atoms with van der Waals surface area (Å²) in [6.07, 6.45) is 23.1. The summed E-state index contributed by atoms with van der Waals surface area (Å²) in [5.41, 5.74) is 8.57. The van der Waals surface area contributed by atoms with Crippen LogP contribution >= 0.6 is 0 Å². The van der Waals surface area contributed by atoms with Crippen LogP contribution in [-0.4, -0.2) is 28.4 Å². The van der Waals surface area contributed by atoms with Gasteiger partial charge in [0.15, 0.2) is 0 Å². The SMILES string of the molecule is CC1CC2CC=NC2C1.CC1CCC2=C(CC=N2)C1.CC1CCc2ncccc2C1.CC1Cc2cccnc2C1. The van der Waals surface area contributed by atoms with Crippen molar-refractivity contribution in [3.05, 3.63) is 70.4 Å². The number of aromatic nitrogens is 2. The Bertz CT molecular complexity index is 1190. The maximum atomic E-state index is 4.42. The molecule has 6 unspecified atom stereocenters. The van der Waals surface area contributed by atoms with Crippen LogP contribution < -0.4 is 0 Å². The van der Waals surface area contributed by atoms with Crippen LogP contribution in [0.15, 0.2) is 57.9 Å². The molecule has 0 radical (unpaired) electrons. The van der Waals surface area contributed by atoms with Crippen molar-refractivity contribution in [1.82, 2.24) is 9.97 Å². The molecule has 2 aliphatic heterocycles. The minimum atomic E-state index is 0.722. The quantitative estimate of drug-likeness (QED) is 0.338. The maximum absolute atomic E-state index is 4.42. The van der Waals surface area contributed by atoms with E-state index >= 15 is 0 Å². The van der Waals surface area contributed by atoms with E-state index in [2.05, 4.69) is 72.2 Å². The number of allylic oxidation sites excluding steroid dienone is 2. The molecule has 4 aliphatic carbocycles. The van der Waals surface area contributed by atoms with Gasteiger partial charge in [-0.2, -0.15) is 0 Å². The Hall–Kier alpha value is -2.62. The molecular formula is C36H50N4. The van der Waals surface area contributed by atoms with Gasteiger partial charge in [0, 0.05) is 42.1 Å². The molecular weight excluding hydrogens is 488 g/mol. The molecule has 214 valence electrons. The molecule has 8 rings (SSSR count). The molecule has 4 nitrogen and oxygen atoms in total. The second kappa shape index (κ2) is 13.8. The molecule has 0 N–H and O–H groups in total. The highest BCUT2D eigenvalue weighted by atomic mass is 14.8. The predicted molar refractivity (Wildman–Crippen MR) is 168 cm³/mol. The van der Waals surface area contributed by atoms with Crippen molar-refractivity contribution >= 4 is 12.4 Å². The molecule has 6 aliphatic rings. The fourth-order valence-electron chi connectivity index (χ4n) is 7.33. The highest BCUT2D eigenvalue weighted by Gasteiger charge is 2.33. The van der Waals surface area contributed by atoms with E-state index in [9.17, 15) is 0 Å². The predicted octanol–water partition coefficient (Wildman–Crippen LogP) is 8.43. The second-order valence-corrected chi connectivity index (χ2v) is 13.5. The number of aliphatic imine (C=N–C) groups is 2. The van der Waals surface area contributed by atoms with Crippen molar-refractivity contribution in [1.29, 1.82) is 0 Å². The molecule has 6 atom stereocenters. The number of rotatable bonds is 0. The third-order valence-corrected chi connectivity index (χ3v) is 9.58. The van der Waals surface area contributed by atoms with Crippen molar-refractivity contribution in [2.75, 3.05) is 0 Å². The number of nitrogens with zero attached hydrogens (tertiary/aromatic N) is 4. The van der Waals surface area contributed by atoms with E-state index in [1.54, 1.807) is 5.57 Å². The summed E-state index contributed by atoms with van der Waals surface area (Å²) in [6.45, 7) is 9.27. The van der Waals surface area contributed by atoms with Crippen molar-refractivity contribution < 1.29 is 0 Å². The Morgan fingerprint density at radius 2 is 1.38 bits per heavy atom. The molecule has 1 saturated carbocycles. The zero-order valence-electron chi connectivity index (χ0n) is 25.4. The van der Waals surface area contributed by atoms with Gasteiger partial charge in [-0.25, -0.2) is 0 Å². The van der Waals surface area contributed by atoms with E-state index < -0.39 is 0 Å². The van der Waals surface area contributed by atoms with Crippen molar-refractivity contribution in [2.45, 2.75) is 111 Å². The number of hydrogen-bond donors (Lipinski definition) is 0. The van der Waals surface area contributed by atoms with Crippen LogP contribution in [0.25, 0.3) is 0 Å². The monoisotopic (exact) mass is 538 g/mol. The molecule has 40 heavy (non-hydrogen) atoms. The van der Waals surface area contributed by atoms with E-state index in [1.165, 1.54) is 98.8 Å². The first-order valence-electron chi connectivity index (χ1n) is 16.0. The lowest BCUT2D eigenvalue weighted by molar-refractivity contribution is 0.494. The average Bonchev–Trinajstić information content (AvgIpc) is 3.73. The number of pyridine rings is 2. The zero-order valence-corrected chi connectivity index (χ0v) is 25.4. The van der Waals surface area contributed by atoms with Gasteiger partial charge in [-0.3, -0.25) is 20.0 Å². The number of fused-ring (bicyclic) bond motifs is 3. The van der Waals surface area contributed by atoms with E-state index in [-0.39, 0.29) is 0 Å². The summed E-state index contributed by atoms with van der Waals surface area (Å²) < 4.78 is 0. The first kappa shape index (κ1) is 28.9. The van der Waals surface area contributed by atoms with Crippen LogP contribution in [0.4, 0.5) is 0 Å². The Kier molecular flexibility index (Phi) is 9.99. The number of hydrogen-bond acceptors (Lipinski definition) is 4. The smallest absolute Gasteiger partial charge is 0.0530 e. The third kappa shape index (κ3) is 7.77. The van der Waals surface area contributed by atoms with Gasteiger partial charge in [0.2, 0.25) is 0 Å². The lowest BCUT2D eigenvalue weighted by Gasteiger charge is -2.19. The Labute approximate surface area is 242 Å². The number of aryl methyl sites for hydroxylation is 1. The lowest BCUT2D eigenvalue weighted by Crippen LogP contribution is -2.12.